The Bertz CT molecular complexity index is 1050. The second kappa shape index (κ2) is 9.13. The quantitative estimate of drug-likeness (QED) is 0.518. The van der Waals surface area contributed by atoms with Gasteiger partial charge in [0.05, 0.1) is 6.20 Å². The summed E-state index contributed by atoms with van der Waals surface area (Å²) in [6.07, 6.45) is 7.32. The van der Waals surface area contributed by atoms with Crippen molar-refractivity contribution in [3.05, 3.63) is 41.6 Å². The van der Waals surface area contributed by atoms with Crippen LogP contribution in [0, 0.1) is 19.8 Å². The van der Waals surface area contributed by atoms with Gasteiger partial charge in [-0.2, -0.15) is 9.61 Å². The highest BCUT2D eigenvalue weighted by atomic mass is 31.1. The van der Waals surface area contributed by atoms with Crippen LogP contribution in [0.2, 0.25) is 0 Å². The maximum Gasteiger partial charge on any atom is 0.167 e. The van der Waals surface area contributed by atoms with Crippen molar-refractivity contribution in [1.29, 1.82) is 0 Å². The summed E-state index contributed by atoms with van der Waals surface area (Å²) in [6.45, 7) is 9.78. The highest BCUT2D eigenvalue weighted by Crippen LogP contribution is 2.31. The number of nitrogens with zero attached hydrogens (tertiary/aromatic N) is 4. The van der Waals surface area contributed by atoms with E-state index in [0.717, 1.165) is 57.0 Å². The van der Waals surface area contributed by atoms with Crippen LogP contribution in [0.25, 0.3) is 16.8 Å². The maximum absolute atomic E-state index is 4.96. The molecule has 7 heteroatoms. The largest absolute Gasteiger partial charge is 0.370 e. The number of anilines is 2. The van der Waals surface area contributed by atoms with Crippen LogP contribution < -0.4 is 10.6 Å². The third kappa shape index (κ3) is 4.86. The van der Waals surface area contributed by atoms with Crippen LogP contribution in [-0.2, 0) is 0 Å². The summed E-state index contributed by atoms with van der Waals surface area (Å²) < 4.78 is 1.96. The molecule has 0 spiro atoms. The molecule has 3 aromatic rings. The topological polar surface area (TPSA) is 57.5 Å². The Morgan fingerprint density at radius 2 is 1.90 bits per heavy atom. The van der Waals surface area contributed by atoms with Gasteiger partial charge in [0.15, 0.2) is 5.65 Å². The van der Waals surface area contributed by atoms with E-state index in [-0.39, 0.29) is 0 Å². The van der Waals surface area contributed by atoms with E-state index < -0.39 is 0 Å². The Morgan fingerprint density at radius 3 is 2.68 bits per heavy atom. The highest BCUT2D eigenvalue weighted by Gasteiger charge is 2.21. The van der Waals surface area contributed by atoms with Crippen LogP contribution in [-0.4, -0.2) is 64.5 Å². The molecule has 0 amide bonds. The lowest BCUT2D eigenvalue weighted by atomic mass is 10.0. The minimum atomic E-state index is 0.804. The van der Waals surface area contributed by atoms with Crippen molar-refractivity contribution >= 4 is 25.9 Å². The lowest BCUT2D eigenvalue weighted by molar-refractivity contribution is 0.313. The molecule has 0 bridgehead atoms. The predicted molar refractivity (Wildman–Crippen MR) is 132 cm³/mol. The highest BCUT2D eigenvalue weighted by molar-refractivity contribution is 7.38. The summed E-state index contributed by atoms with van der Waals surface area (Å²) in [5, 5.41) is 11.9. The van der Waals surface area contributed by atoms with E-state index in [2.05, 4.69) is 53.6 Å². The standard InChI is InChI=1S/C24H33N6P/c1-17-3-6-20(13-18(17)2)21-16-27-30-23(25-7-8-29-9-11-31-12-10-29)14-22(28-24(21)30)26-15-19-4-5-19/h3,6,13-14,16,19,25,31H,4-5,7-12,15H2,1-2H3,(H,26,28). The van der Waals surface area contributed by atoms with Crippen LogP contribution in [0.4, 0.5) is 11.6 Å². The number of nitrogens with one attached hydrogen (secondary N) is 2. The SMILES string of the molecule is Cc1ccc(-c2cnn3c(NCCN4CCPCC4)cc(NCC4CC4)nc23)cc1C. The summed E-state index contributed by atoms with van der Waals surface area (Å²) in [5.41, 5.74) is 5.76. The molecular formula is C24H33N6P. The van der Waals surface area contributed by atoms with Gasteiger partial charge >= 0.3 is 0 Å². The summed E-state index contributed by atoms with van der Waals surface area (Å²) in [5.74, 6) is 2.75. The number of fused-ring (bicyclic) bond motifs is 1. The molecule has 5 rings (SSSR count). The number of hydrogen-bond donors (Lipinski definition) is 2. The average molecular weight is 437 g/mol. The second-order valence-corrected chi connectivity index (χ2v) is 10.5. The average Bonchev–Trinajstić information content (AvgIpc) is 3.52. The molecule has 1 saturated heterocycles. The Morgan fingerprint density at radius 1 is 1.06 bits per heavy atom. The van der Waals surface area contributed by atoms with Crippen LogP contribution >= 0.6 is 8.58 Å². The van der Waals surface area contributed by atoms with Crippen molar-refractivity contribution in [1.82, 2.24) is 19.5 Å². The molecule has 2 aromatic heterocycles. The molecule has 3 heterocycles. The molecule has 164 valence electrons. The van der Waals surface area contributed by atoms with E-state index in [0.29, 0.717) is 0 Å². The molecule has 0 radical (unpaired) electrons. The van der Waals surface area contributed by atoms with Crippen LogP contribution in [0.15, 0.2) is 30.5 Å². The van der Waals surface area contributed by atoms with Crippen molar-refractivity contribution in [2.45, 2.75) is 26.7 Å². The van der Waals surface area contributed by atoms with Gasteiger partial charge in [-0.1, -0.05) is 18.2 Å². The molecule has 1 aromatic carbocycles. The fraction of sp³-hybridized carbons (Fsp3) is 0.500. The summed E-state index contributed by atoms with van der Waals surface area (Å²) in [4.78, 5) is 7.53. The number of aryl methyl sites for hydroxylation is 2. The molecule has 2 N–H and O–H groups in total. The molecule has 1 aliphatic heterocycles. The van der Waals surface area contributed by atoms with E-state index in [4.69, 9.17) is 10.1 Å². The van der Waals surface area contributed by atoms with Crippen molar-refractivity contribution in [2.75, 3.05) is 55.7 Å². The van der Waals surface area contributed by atoms with E-state index in [1.165, 1.54) is 54.9 Å². The third-order valence-electron chi connectivity index (χ3n) is 6.50. The van der Waals surface area contributed by atoms with Crippen molar-refractivity contribution in [3.63, 3.8) is 0 Å². The van der Waals surface area contributed by atoms with Gasteiger partial charge in [-0.05, 0) is 61.6 Å². The van der Waals surface area contributed by atoms with Crippen molar-refractivity contribution in [3.8, 4) is 11.1 Å². The van der Waals surface area contributed by atoms with E-state index >= 15 is 0 Å². The lowest BCUT2D eigenvalue weighted by Crippen LogP contribution is -2.35. The third-order valence-corrected chi connectivity index (χ3v) is 7.66. The van der Waals surface area contributed by atoms with E-state index in [1.807, 2.05) is 10.7 Å². The molecule has 2 aliphatic rings. The lowest BCUT2D eigenvalue weighted by Gasteiger charge is -2.26. The monoisotopic (exact) mass is 436 g/mol. The summed E-state index contributed by atoms with van der Waals surface area (Å²) >= 11 is 0. The van der Waals surface area contributed by atoms with E-state index in [9.17, 15) is 0 Å². The summed E-state index contributed by atoms with van der Waals surface area (Å²) in [7, 11) is 1.15. The van der Waals surface area contributed by atoms with Gasteiger partial charge in [-0.3, -0.25) is 0 Å². The summed E-state index contributed by atoms with van der Waals surface area (Å²) in [6, 6.07) is 8.71. The first-order chi connectivity index (χ1) is 15.2. The zero-order chi connectivity index (χ0) is 21.2. The first kappa shape index (κ1) is 20.7. The van der Waals surface area contributed by atoms with Gasteiger partial charge in [0.25, 0.3) is 0 Å². The Balaban J connectivity index is 1.42. The molecule has 1 saturated carbocycles. The minimum Gasteiger partial charge on any atom is -0.370 e. The molecule has 0 unspecified atom stereocenters. The Hall–Kier alpha value is -2.17. The maximum atomic E-state index is 4.96. The Kier molecular flexibility index (Phi) is 6.10. The fourth-order valence-corrected chi connectivity index (χ4v) is 5.34. The molecular weight excluding hydrogens is 403 g/mol. The van der Waals surface area contributed by atoms with Crippen LogP contribution in [0.3, 0.4) is 0 Å². The molecule has 31 heavy (non-hydrogen) atoms. The zero-order valence-corrected chi connectivity index (χ0v) is 19.6. The number of hydrogen-bond acceptors (Lipinski definition) is 5. The van der Waals surface area contributed by atoms with Gasteiger partial charge in [-0.15, -0.1) is 8.58 Å². The van der Waals surface area contributed by atoms with Gasteiger partial charge in [-0.25, -0.2) is 4.98 Å². The first-order valence-corrected chi connectivity index (χ1v) is 13.0. The van der Waals surface area contributed by atoms with Crippen LogP contribution in [0.5, 0.6) is 0 Å². The molecule has 2 fully saturated rings. The number of benzene rings is 1. The molecule has 1 aliphatic carbocycles. The van der Waals surface area contributed by atoms with Crippen LogP contribution in [0.1, 0.15) is 24.0 Å². The van der Waals surface area contributed by atoms with Gasteiger partial charge < -0.3 is 15.5 Å². The Labute approximate surface area is 186 Å². The normalized spacial score (nSPS) is 17.2. The second-order valence-electron chi connectivity index (χ2n) is 8.96. The molecule has 0 atom stereocenters. The zero-order valence-electron chi connectivity index (χ0n) is 18.6. The first-order valence-electron chi connectivity index (χ1n) is 11.5. The fourth-order valence-electron chi connectivity index (χ4n) is 4.14. The van der Waals surface area contributed by atoms with Gasteiger partial charge in [0.2, 0.25) is 0 Å². The van der Waals surface area contributed by atoms with E-state index in [1.54, 1.807) is 0 Å². The molecule has 6 nitrogen and oxygen atoms in total. The smallest absolute Gasteiger partial charge is 0.167 e. The minimum absolute atomic E-state index is 0.804. The van der Waals surface area contributed by atoms with Gasteiger partial charge in [0, 0.05) is 44.4 Å². The predicted octanol–water partition coefficient (Wildman–Crippen LogP) is 4.24. The van der Waals surface area contributed by atoms with Crippen molar-refractivity contribution in [2.24, 2.45) is 5.92 Å². The number of aromatic nitrogens is 3. The van der Waals surface area contributed by atoms with Gasteiger partial charge in [0.1, 0.15) is 11.6 Å². The van der Waals surface area contributed by atoms with Crippen molar-refractivity contribution < 1.29 is 0 Å². The number of rotatable bonds is 8.